The number of esters is 1. The third-order valence-electron chi connectivity index (χ3n) is 4.93. The molecule has 0 radical (unpaired) electrons. The fourth-order valence-corrected chi connectivity index (χ4v) is 4.24. The van der Waals surface area contributed by atoms with Gasteiger partial charge in [-0.1, -0.05) is 19.1 Å². The van der Waals surface area contributed by atoms with Gasteiger partial charge in [0.05, 0.1) is 23.8 Å². The molecule has 0 atom stereocenters. The maximum Gasteiger partial charge on any atom is 0.329 e. The minimum Gasteiger partial charge on any atom is -0.497 e. The van der Waals surface area contributed by atoms with E-state index in [0.717, 1.165) is 33.8 Å². The molecule has 4 rings (SSSR count). The van der Waals surface area contributed by atoms with E-state index in [-0.39, 0.29) is 18.8 Å². The van der Waals surface area contributed by atoms with Crippen molar-refractivity contribution in [3.63, 3.8) is 0 Å². The van der Waals surface area contributed by atoms with Crippen LogP contribution in [0.25, 0.3) is 21.6 Å². The van der Waals surface area contributed by atoms with Crippen LogP contribution in [0, 0.1) is 0 Å². The smallest absolute Gasteiger partial charge is 0.329 e. The Bertz CT molecular complexity index is 1250. The van der Waals surface area contributed by atoms with Crippen LogP contribution in [0.2, 0.25) is 0 Å². The summed E-state index contributed by atoms with van der Waals surface area (Å²) in [5.74, 6) is 0.311. The lowest BCUT2D eigenvalue weighted by atomic mass is 10.2. The van der Waals surface area contributed by atoms with E-state index in [1.807, 2.05) is 60.8 Å². The van der Waals surface area contributed by atoms with Gasteiger partial charge in [-0.25, -0.2) is 9.78 Å². The van der Waals surface area contributed by atoms with E-state index in [1.54, 1.807) is 11.7 Å². The Kier molecular flexibility index (Phi) is 6.18. The SMILES string of the molecule is CCCn1c(=O)n(CC(=O)OCc2csc(-c3ccc(OC)cc3)n2)c2ccccc21. The third kappa shape index (κ3) is 4.39. The van der Waals surface area contributed by atoms with Crippen LogP contribution in [0.5, 0.6) is 5.75 Å². The molecule has 0 amide bonds. The number of nitrogens with zero attached hydrogens (tertiary/aromatic N) is 3. The standard InChI is InChI=1S/C23H23N3O4S/c1-3-12-25-19-6-4-5-7-20(19)26(23(25)28)13-21(27)30-14-17-15-31-22(24-17)16-8-10-18(29-2)11-9-16/h4-11,15H,3,12-14H2,1-2H3. The van der Waals surface area contributed by atoms with E-state index in [4.69, 9.17) is 9.47 Å². The van der Waals surface area contributed by atoms with Crippen LogP contribution in [-0.2, 0) is 29.2 Å². The number of aromatic nitrogens is 3. The van der Waals surface area contributed by atoms with Crippen molar-refractivity contribution in [3.8, 4) is 16.3 Å². The number of carbonyl (C=O) groups is 1. The average molecular weight is 438 g/mol. The Balaban J connectivity index is 1.44. The highest BCUT2D eigenvalue weighted by Crippen LogP contribution is 2.26. The number of imidazole rings is 1. The summed E-state index contributed by atoms with van der Waals surface area (Å²) in [4.78, 5) is 29.8. The number of thiazole rings is 1. The second-order valence-corrected chi connectivity index (χ2v) is 7.90. The first-order valence-corrected chi connectivity index (χ1v) is 10.9. The number of aryl methyl sites for hydroxylation is 1. The maximum absolute atomic E-state index is 12.8. The number of methoxy groups -OCH3 is 1. The van der Waals surface area contributed by atoms with Gasteiger partial charge in [-0.15, -0.1) is 11.3 Å². The number of hydrogen-bond acceptors (Lipinski definition) is 6. The zero-order valence-electron chi connectivity index (χ0n) is 17.4. The van der Waals surface area contributed by atoms with Gasteiger partial charge in [0.15, 0.2) is 0 Å². The lowest BCUT2D eigenvalue weighted by molar-refractivity contribution is -0.145. The number of hydrogen-bond donors (Lipinski definition) is 0. The van der Waals surface area contributed by atoms with Crippen LogP contribution in [-0.4, -0.2) is 27.2 Å². The molecule has 0 aliphatic carbocycles. The van der Waals surface area contributed by atoms with E-state index < -0.39 is 5.97 Å². The van der Waals surface area contributed by atoms with Gasteiger partial charge in [-0.2, -0.15) is 0 Å². The second kappa shape index (κ2) is 9.18. The summed E-state index contributed by atoms with van der Waals surface area (Å²) in [6.45, 7) is 2.55. The van der Waals surface area contributed by atoms with Gasteiger partial charge in [0.2, 0.25) is 0 Å². The fraction of sp³-hybridized carbons (Fsp3) is 0.261. The fourth-order valence-electron chi connectivity index (χ4n) is 3.43. The largest absolute Gasteiger partial charge is 0.497 e. The number of ether oxygens (including phenoxy) is 2. The highest BCUT2D eigenvalue weighted by molar-refractivity contribution is 7.13. The van der Waals surface area contributed by atoms with Crippen LogP contribution >= 0.6 is 11.3 Å². The molecule has 0 unspecified atom stereocenters. The van der Waals surface area contributed by atoms with Crippen molar-refractivity contribution in [2.24, 2.45) is 0 Å². The van der Waals surface area contributed by atoms with Crippen molar-refractivity contribution in [2.75, 3.05) is 7.11 Å². The van der Waals surface area contributed by atoms with E-state index in [2.05, 4.69) is 4.98 Å². The highest BCUT2D eigenvalue weighted by Gasteiger charge is 2.16. The normalized spacial score (nSPS) is 11.0. The van der Waals surface area contributed by atoms with Gasteiger partial charge in [0, 0.05) is 17.5 Å². The molecule has 2 aromatic carbocycles. The summed E-state index contributed by atoms with van der Waals surface area (Å²) >= 11 is 1.48. The van der Waals surface area contributed by atoms with Crippen molar-refractivity contribution >= 4 is 28.3 Å². The van der Waals surface area contributed by atoms with Gasteiger partial charge in [-0.3, -0.25) is 13.9 Å². The van der Waals surface area contributed by atoms with E-state index in [9.17, 15) is 9.59 Å². The minimum atomic E-state index is -0.472. The summed E-state index contributed by atoms with van der Waals surface area (Å²) in [5, 5.41) is 2.71. The van der Waals surface area contributed by atoms with E-state index >= 15 is 0 Å². The molecule has 0 aliphatic heterocycles. The van der Waals surface area contributed by atoms with Crippen molar-refractivity contribution in [1.29, 1.82) is 0 Å². The van der Waals surface area contributed by atoms with Crippen LogP contribution in [0.3, 0.4) is 0 Å². The first-order chi connectivity index (χ1) is 15.1. The molecule has 0 bridgehead atoms. The van der Waals surface area contributed by atoms with Crippen molar-refractivity contribution in [1.82, 2.24) is 14.1 Å². The molecule has 4 aromatic rings. The zero-order chi connectivity index (χ0) is 21.8. The van der Waals surface area contributed by atoms with E-state index in [1.165, 1.54) is 15.9 Å². The lowest BCUT2D eigenvalue weighted by Gasteiger charge is -2.04. The predicted molar refractivity (Wildman–Crippen MR) is 120 cm³/mol. The molecule has 0 saturated heterocycles. The molecule has 7 nitrogen and oxygen atoms in total. The number of benzene rings is 2. The van der Waals surface area contributed by atoms with Crippen molar-refractivity contribution in [2.45, 2.75) is 33.0 Å². The Morgan fingerprint density at radius 2 is 1.77 bits per heavy atom. The number of fused-ring (bicyclic) bond motifs is 1. The quantitative estimate of drug-likeness (QED) is 0.388. The molecule has 8 heteroatoms. The Morgan fingerprint density at radius 1 is 1.06 bits per heavy atom. The summed E-state index contributed by atoms with van der Waals surface area (Å²) < 4.78 is 13.7. The minimum absolute atomic E-state index is 0.0633. The van der Waals surface area contributed by atoms with Gasteiger partial charge in [-0.05, 0) is 42.8 Å². The molecule has 31 heavy (non-hydrogen) atoms. The second-order valence-electron chi connectivity index (χ2n) is 7.04. The molecule has 0 saturated carbocycles. The summed E-state index contributed by atoms with van der Waals surface area (Å²) in [7, 11) is 1.63. The van der Waals surface area contributed by atoms with Gasteiger partial charge >= 0.3 is 11.7 Å². The van der Waals surface area contributed by atoms with Crippen LogP contribution in [0.1, 0.15) is 19.0 Å². The van der Waals surface area contributed by atoms with Crippen LogP contribution in [0.4, 0.5) is 0 Å². The molecule has 2 aromatic heterocycles. The Morgan fingerprint density at radius 3 is 2.45 bits per heavy atom. The number of rotatable bonds is 8. The van der Waals surface area contributed by atoms with Crippen LogP contribution in [0.15, 0.2) is 58.7 Å². The lowest BCUT2D eigenvalue weighted by Crippen LogP contribution is -2.27. The molecular weight excluding hydrogens is 414 g/mol. The van der Waals surface area contributed by atoms with Crippen LogP contribution < -0.4 is 10.4 Å². The summed E-state index contributed by atoms with van der Waals surface area (Å²) in [5.41, 5.74) is 3.00. The van der Waals surface area contributed by atoms with Gasteiger partial charge < -0.3 is 9.47 Å². The molecule has 0 aliphatic rings. The number of carbonyl (C=O) groups excluding carboxylic acids is 1. The predicted octanol–water partition coefficient (Wildman–Crippen LogP) is 4.09. The zero-order valence-corrected chi connectivity index (χ0v) is 18.2. The first-order valence-electron chi connectivity index (χ1n) is 10.0. The maximum atomic E-state index is 12.8. The van der Waals surface area contributed by atoms with Crippen molar-refractivity contribution in [3.05, 3.63) is 70.1 Å². The third-order valence-corrected chi connectivity index (χ3v) is 5.87. The molecule has 2 heterocycles. The Labute approximate surface area is 183 Å². The van der Waals surface area contributed by atoms with Crippen molar-refractivity contribution < 1.29 is 14.3 Å². The first kappa shape index (κ1) is 20.9. The van der Waals surface area contributed by atoms with Gasteiger partial charge in [0.1, 0.15) is 23.9 Å². The molecule has 0 spiro atoms. The summed E-state index contributed by atoms with van der Waals surface area (Å²) in [6, 6.07) is 15.1. The molecular formula is C23H23N3O4S. The van der Waals surface area contributed by atoms with E-state index in [0.29, 0.717) is 12.2 Å². The monoisotopic (exact) mass is 437 g/mol. The number of para-hydroxylation sites is 2. The van der Waals surface area contributed by atoms with Gasteiger partial charge in [0.25, 0.3) is 0 Å². The highest BCUT2D eigenvalue weighted by atomic mass is 32.1. The molecule has 0 fully saturated rings. The summed E-state index contributed by atoms with van der Waals surface area (Å²) in [6.07, 6.45) is 0.832. The topological polar surface area (TPSA) is 75.4 Å². The average Bonchev–Trinajstić information content (AvgIpc) is 3.37. The Hall–Kier alpha value is -3.39. The molecule has 160 valence electrons. The molecule has 0 N–H and O–H groups in total.